The summed E-state index contributed by atoms with van der Waals surface area (Å²) in [5.41, 5.74) is 4.14. The molecular weight excluding hydrogens is 216 g/mol. The molecule has 0 bridgehead atoms. The van der Waals surface area contributed by atoms with Gasteiger partial charge in [-0.05, 0) is 32.3 Å². The van der Waals surface area contributed by atoms with E-state index in [0.29, 0.717) is 0 Å². The lowest BCUT2D eigenvalue weighted by molar-refractivity contribution is 0.795. The lowest BCUT2D eigenvalue weighted by Crippen LogP contribution is -1.83. The predicted molar refractivity (Wildman–Crippen MR) is 81.0 cm³/mol. The largest absolute Gasteiger partial charge is 0.0654 e. The number of rotatable bonds is 3. The maximum atomic E-state index is 2.23. The Labute approximate surface area is 112 Å². The topological polar surface area (TPSA) is 0 Å². The fourth-order valence-corrected chi connectivity index (χ4v) is 1.67. The highest BCUT2D eigenvalue weighted by Crippen LogP contribution is 2.06. The van der Waals surface area contributed by atoms with Crippen molar-refractivity contribution in [1.29, 1.82) is 0 Å². The molecule has 0 N–H and O–H groups in total. The molecule has 2 aromatic carbocycles. The van der Waals surface area contributed by atoms with Crippen LogP contribution in [0.25, 0.3) is 0 Å². The van der Waals surface area contributed by atoms with Gasteiger partial charge in [-0.15, -0.1) is 0 Å². The van der Waals surface area contributed by atoms with Crippen LogP contribution in [-0.4, -0.2) is 0 Å². The lowest BCUT2D eigenvalue weighted by atomic mass is 10.1. The molecule has 18 heavy (non-hydrogen) atoms. The van der Waals surface area contributed by atoms with Crippen molar-refractivity contribution < 1.29 is 0 Å². The summed E-state index contributed by atoms with van der Waals surface area (Å²) in [7, 11) is 0. The lowest BCUT2D eigenvalue weighted by Gasteiger charge is -1.99. The van der Waals surface area contributed by atoms with Gasteiger partial charge in [-0.3, -0.25) is 0 Å². The Hall–Kier alpha value is -1.56. The zero-order valence-corrected chi connectivity index (χ0v) is 11.8. The third kappa shape index (κ3) is 6.24. The van der Waals surface area contributed by atoms with Crippen molar-refractivity contribution >= 4 is 0 Å². The first-order chi connectivity index (χ1) is 8.72. The third-order valence-corrected chi connectivity index (χ3v) is 2.88. The van der Waals surface area contributed by atoms with Gasteiger partial charge in [0, 0.05) is 0 Å². The highest BCUT2D eigenvalue weighted by atomic mass is 14.0. The molecular formula is C18H24. The van der Waals surface area contributed by atoms with Crippen LogP contribution in [-0.2, 0) is 6.42 Å². The number of unbranched alkanes of at least 4 members (excludes halogenated alkanes) is 1. The van der Waals surface area contributed by atoms with Crippen LogP contribution in [0.3, 0.4) is 0 Å². The van der Waals surface area contributed by atoms with Crippen molar-refractivity contribution in [3.63, 3.8) is 0 Å². The van der Waals surface area contributed by atoms with Crippen LogP contribution in [0.2, 0.25) is 0 Å². The zero-order chi connectivity index (χ0) is 13.2. The quantitative estimate of drug-likeness (QED) is 0.680. The first-order valence-corrected chi connectivity index (χ1v) is 6.79. The van der Waals surface area contributed by atoms with Gasteiger partial charge >= 0.3 is 0 Å². The number of hydrogen-bond acceptors (Lipinski definition) is 0. The molecule has 0 atom stereocenters. The minimum atomic E-state index is 1.23. The van der Waals surface area contributed by atoms with Gasteiger partial charge in [0.25, 0.3) is 0 Å². The van der Waals surface area contributed by atoms with Crippen LogP contribution in [0.15, 0.2) is 54.6 Å². The fraction of sp³-hybridized carbons (Fsp3) is 0.333. The summed E-state index contributed by atoms with van der Waals surface area (Å²) < 4.78 is 0. The fourth-order valence-electron chi connectivity index (χ4n) is 1.67. The molecule has 0 aromatic heterocycles. The second-order valence-corrected chi connectivity index (χ2v) is 4.74. The van der Waals surface area contributed by atoms with Crippen LogP contribution in [0.5, 0.6) is 0 Å². The summed E-state index contributed by atoms with van der Waals surface area (Å²) >= 11 is 0. The molecule has 2 aromatic rings. The smallest absolute Gasteiger partial charge is 0.0279 e. The standard InChI is InChI=1S/C11H16.C7H8/c1-3-4-5-11-8-6-10(2)7-9-11;1-7-5-3-2-4-6-7/h6-9H,3-5H2,1-2H3;2-6H,1H3. The Balaban J connectivity index is 0.000000199. The molecule has 0 saturated heterocycles. The van der Waals surface area contributed by atoms with Crippen LogP contribution in [0.4, 0.5) is 0 Å². The van der Waals surface area contributed by atoms with Gasteiger partial charge in [0.2, 0.25) is 0 Å². The highest BCUT2D eigenvalue weighted by molar-refractivity contribution is 5.21. The van der Waals surface area contributed by atoms with Gasteiger partial charge in [-0.2, -0.15) is 0 Å². The van der Waals surface area contributed by atoms with Crippen LogP contribution >= 0.6 is 0 Å². The van der Waals surface area contributed by atoms with Crippen molar-refractivity contribution in [1.82, 2.24) is 0 Å². The second kappa shape index (κ2) is 8.52. The maximum Gasteiger partial charge on any atom is -0.0279 e. The van der Waals surface area contributed by atoms with Crippen LogP contribution < -0.4 is 0 Å². The summed E-state index contributed by atoms with van der Waals surface area (Å²) in [6.45, 7) is 6.44. The SMILES string of the molecule is CCCCc1ccc(C)cc1.Cc1ccccc1. The summed E-state index contributed by atoms with van der Waals surface area (Å²) in [5.74, 6) is 0. The van der Waals surface area contributed by atoms with Crippen molar-refractivity contribution in [3.8, 4) is 0 Å². The minimum Gasteiger partial charge on any atom is -0.0654 e. The normalized spacial score (nSPS) is 9.50. The first kappa shape index (κ1) is 14.5. The summed E-state index contributed by atoms with van der Waals surface area (Å²) in [4.78, 5) is 0. The Morgan fingerprint density at radius 3 is 1.72 bits per heavy atom. The molecule has 0 saturated carbocycles. The average molecular weight is 240 g/mol. The van der Waals surface area contributed by atoms with E-state index in [-0.39, 0.29) is 0 Å². The van der Waals surface area contributed by atoms with E-state index in [2.05, 4.69) is 57.2 Å². The molecule has 0 nitrogen and oxygen atoms in total. The van der Waals surface area contributed by atoms with E-state index in [1.165, 1.54) is 36.0 Å². The maximum absolute atomic E-state index is 2.23. The van der Waals surface area contributed by atoms with Gasteiger partial charge in [0.1, 0.15) is 0 Å². The molecule has 2 rings (SSSR count). The first-order valence-electron chi connectivity index (χ1n) is 6.79. The minimum absolute atomic E-state index is 1.23. The Morgan fingerprint density at radius 1 is 0.722 bits per heavy atom. The van der Waals surface area contributed by atoms with E-state index in [1.807, 2.05) is 18.2 Å². The summed E-state index contributed by atoms with van der Waals surface area (Å²) in [5, 5.41) is 0. The van der Waals surface area contributed by atoms with Crippen molar-refractivity contribution in [2.24, 2.45) is 0 Å². The highest BCUT2D eigenvalue weighted by Gasteiger charge is 1.90. The molecule has 0 amide bonds. The number of aryl methyl sites for hydroxylation is 3. The van der Waals surface area contributed by atoms with E-state index >= 15 is 0 Å². The molecule has 0 aliphatic rings. The van der Waals surface area contributed by atoms with Crippen molar-refractivity contribution in [3.05, 3.63) is 71.3 Å². The van der Waals surface area contributed by atoms with Crippen molar-refractivity contribution in [2.75, 3.05) is 0 Å². The van der Waals surface area contributed by atoms with E-state index in [1.54, 1.807) is 0 Å². The van der Waals surface area contributed by atoms with E-state index < -0.39 is 0 Å². The third-order valence-electron chi connectivity index (χ3n) is 2.88. The molecule has 0 radical (unpaired) electrons. The number of hydrogen-bond donors (Lipinski definition) is 0. The molecule has 96 valence electrons. The molecule has 0 heterocycles. The number of benzene rings is 2. The molecule has 0 heteroatoms. The predicted octanol–water partition coefficient (Wildman–Crippen LogP) is 5.33. The molecule has 0 aliphatic heterocycles. The zero-order valence-electron chi connectivity index (χ0n) is 11.8. The van der Waals surface area contributed by atoms with Gasteiger partial charge in [0.05, 0.1) is 0 Å². The summed E-state index contributed by atoms with van der Waals surface area (Å²) in [6.07, 6.45) is 3.83. The molecule has 0 spiro atoms. The Bertz CT molecular complexity index is 412. The van der Waals surface area contributed by atoms with Gasteiger partial charge in [-0.25, -0.2) is 0 Å². The van der Waals surface area contributed by atoms with E-state index in [9.17, 15) is 0 Å². The van der Waals surface area contributed by atoms with E-state index in [0.717, 1.165) is 0 Å². The van der Waals surface area contributed by atoms with Crippen molar-refractivity contribution in [2.45, 2.75) is 40.0 Å². The Morgan fingerprint density at radius 2 is 1.28 bits per heavy atom. The van der Waals surface area contributed by atoms with Crippen LogP contribution in [0, 0.1) is 13.8 Å². The van der Waals surface area contributed by atoms with Crippen LogP contribution in [0.1, 0.15) is 36.5 Å². The molecule has 0 fully saturated rings. The second-order valence-electron chi connectivity index (χ2n) is 4.74. The molecule has 0 aliphatic carbocycles. The Kier molecular flexibility index (Phi) is 6.86. The van der Waals surface area contributed by atoms with Gasteiger partial charge < -0.3 is 0 Å². The molecule has 0 unspecified atom stereocenters. The van der Waals surface area contributed by atoms with Gasteiger partial charge in [-0.1, -0.05) is 79.1 Å². The summed E-state index contributed by atoms with van der Waals surface area (Å²) in [6, 6.07) is 19.1. The monoisotopic (exact) mass is 240 g/mol. The van der Waals surface area contributed by atoms with E-state index in [4.69, 9.17) is 0 Å². The van der Waals surface area contributed by atoms with Gasteiger partial charge in [0.15, 0.2) is 0 Å². The average Bonchev–Trinajstić information content (AvgIpc) is 2.40.